The number of halogens is 3. The van der Waals surface area contributed by atoms with Gasteiger partial charge >= 0.3 is 0 Å². The molecule has 1 aliphatic carbocycles. The fraction of sp³-hybridized carbons (Fsp3) is 0.267. The van der Waals surface area contributed by atoms with E-state index in [1.807, 2.05) is 30.6 Å². The van der Waals surface area contributed by atoms with E-state index >= 15 is 0 Å². The van der Waals surface area contributed by atoms with Crippen molar-refractivity contribution in [3.63, 3.8) is 0 Å². The molecule has 0 saturated heterocycles. The van der Waals surface area contributed by atoms with Crippen LogP contribution in [0.5, 0.6) is 0 Å². The van der Waals surface area contributed by atoms with Crippen molar-refractivity contribution in [1.82, 2.24) is 4.98 Å². The predicted molar refractivity (Wildman–Crippen MR) is 106 cm³/mol. The van der Waals surface area contributed by atoms with Gasteiger partial charge in [-0.3, -0.25) is 4.98 Å². The molecule has 0 spiro atoms. The molecule has 0 aliphatic heterocycles. The zero-order chi connectivity index (χ0) is 15.7. The first-order valence-electron chi connectivity index (χ1n) is 6.89. The first-order chi connectivity index (χ1) is 10.6. The Labute approximate surface area is 162 Å². The van der Waals surface area contributed by atoms with Crippen LogP contribution in [0, 0.1) is 6.92 Å². The number of guanidine groups is 1. The molecule has 1 aliphatic rings. The SMILES string of the molecule is Cc1ccnc2c1/C(=N/N=C(N)N)CC(c1sccc1Cl)C2.Cl.Cl. The Kier molecular flexibility index (Phi) is 7.48. The summed E-state index contributed by atoms with van der Waals surface area (Å²) in [7, 11) is 0. The minimum atomic E-state index is -0.0492. The number of pyridine rings is 1. The number of thiophene rings is 1. The van der Waals surface area contributed by atoms with E-state index in [-0.39, 0.29) is 36.7 Å². The van der Waals surface area contributed by atoms with Crippen LogP contribution in [0.1, 0.15) is 34.0 Å². The molecule has 5 nitrogen and oxygen atoms in total. The highest BCUT2D eigenvalue weighted by atomic mass is 35.5. The Hall–Kier alpha value is -1.34. The molecule has 130 valence electrons. The number of fused-ring (bicyclic) bond motifs is 1. The second-order valence-electron chi connectivity index (χ2n) is 5.26. The van der Waals surface area contributed by atoms with Crippen LogP contribution in [-0.4, -0.2) is 16.7 Å². The van der Waals surface area contributed by atoms with E-state index in [9.17, 15) is 0 Å². The van der Waals surface area contributed by atoms with Gasteiger partial charge in [-0.25, -0.2) is 0 Å². The van der Waals surface area contributed by atoms with Crippen LogP contribution < -0.4 is 11.5 Å². The summed E-state index contributed by atoms with van der Waals surface area (Å²) in [6.45, 7) is 2.05. The van der Waals surface area contributed by atoms with Crippen molar-refractivity contribution in [2.45, 2.75) is 25.7 Å². The minimum absolute atomic E-state index is 0. The standard InChI is InChI=1S/C15H16ClN5S.2ClH/c1-8-2-4-19-11-6-9(14-10(16)3-5-22-14)7-12(13(8)11)20-21-15(17)18;;/h2-5,9H,6-7H2,1H3,(H4,17,18,21);2*1H/b20-12+;;. The third kappa shape index (κ3) is 4.19. The maximum atomic E-state index is 6.29. The van der Waals surface area contributed by atoms with Gasteiger partial charge in [-0.2, -0.15) is 5.10 Å². The molecule has 1 unspecified atom stereocenters. The van der Waals surface area contributed by atoms with Crippen molar-refractivity contribution < 1.29 is 0 Å². The van der Waals surface area contributed by atoms with Crippen LogP contribution in [0.25, 0.3) is 0 Å². The Morgan fingerprint density at radius 3 is 2.67 bits per heavy atom. The number of aromatic nitrogens is 1. The molecule has 0 bridgehead atoms. The molecule has 2 heterocycles. The summed E-state index contributed by atoms with van der Waals surface area (Å²) in [6, 6.07) is 3.90. The smallest absolute Gasteiger partial charge is 0.211 e. The van der Waals surface area contributed by atoms with E-state index in [0.717, 1.165) is 45.3 Å². The molecule has 3 rings (SSSR count). The maximum absolute atomic E-state index is 6.29. The molecule has 2 aromatic heterocycles. The van der Waals surface area contributed by atoms with E-state index in [2.05, 4.69) is 15.2 Å². The van der Waals surface area contributed by atoms with Gasteiger partial charge in [-0.1, -0.05) is 11.6 Å². The summed E-state index contributed by atoms with van der Waals surface area (Å²) in [6.07, 6.45) is 3.42. The Morgan fingerprint density at radius 2 is 2.04 bits per heavy atom. The monoisotopic (exact) mass is 405 g/mol. The van der Waals surface area contributed by atoms with Crippen LogP contribution >= 0.6 is 47.8 Å². The van der Waals surface area contributed by atoms with Crippen LogP contribution in [0.2, 0.25) is 5.02 Å². The molecular formula is C15H18Cl3N5S. The lowest BCUT2D eigenvalue weighted by Gasteiger charge is -2.25. The average molecular weight is 407 g/mol. The highest BCUT2D eigenvalue weighted by Gasteiger charge is 2.29. The molecule has 24 heavy (non-hydrogen) atoms. The van der Waals surface area contributed by atoms with Crippen molar-refractivity contribution in [2.75, 3.05) is 0 Å². The molecular weight excluding hydrogens is 389 g/mol. The van der Waals surface area contributed by atoms with Crippen molar-refractivity contribution in [3.8, 4) is 0 Å². The van der Waals surface area contributed by atoms with Crippen molar-refractivity contribution in [3.05, 3.63) is 50.4 Å². The van der Waals surface area contributed by atoms with Crippen molar-refractivity contribution in [2.24, 2.45) is 21.7 Å². The first kappa shape index (κ1) is 20.7. The fourth-order valence-corrected chi connectivity index (χ4v) is 4.11. The number of hydrogen-bond acceptors (Lipinski definition) is 4. The molecule has 0 radical (unpaired) electrons. The van der Waals surface area contributed by atoms with Crippen LogP contribution in [0.4, 0.5) is 0 Å². The van der Waals surface area contributed by atoms with E-state index in [0.29, 0.717) is 0 Å². The largest absolute Gasteiger partial charge is 0.369 e. The molecule has 0 aromatic carbocycles. The first-order valence-corrected chi connectivity index (χ1v) is 8.15. The Balaban J connectivity index is 0.00000144. The number of nitrogens with zero attached hydrogens (tertiary/aromatic N) is 3. The van der Waals surface area contributed by atoms with Gasteiger partial charge in [0.2, 0.25) is 5.96 Å². The zero-order valence-electron chi connectivity index (χ0n) is 12.9. The molecule has 0 saturated carbocycles. The lowest BCUT2D eigenvalue weighted by molar-refractivity contribution is 0.689. The van der Waals surface area contributed by atoms with Crippen LogP contribution in [-0.2, 0) is 6.42 Å². The van der Waals surface area contributed by atoms with Crippen LogP contribution in [0.3, 0.4) is 0 Å². The molecule has 4 N–H and O–H groups in total. The fourth-order valence-electron chi connectivity index (χ4n) is 2.80. The summed E-state index contributed by atoms with van der Waals surface area (Å²) in [5.74, 6) is 0.203. The highest BCUT2D eigenvalue weighted by Crippen LogP contribution is 2.39. The minimum Gasteiger partial charge on any atom is -0.369 e. The third-order valence-electron chi connectivity index (χ3n) is 3.71. The molecule has 1 atom stereocenters. The summed E-state index contributed by atoms with van der Waals surface area (Å²) in [4.78, 5) is 5.68. The van der Waals surface area contributed by atoms with E-state index in [1.54, 1.807) is 11.3 Å². The highest BCUT2D eigenvalue weighted by molar-refractivity contribution is 7.10. The molecule has 9 heteroatoms. The molecule has 2 aromatic rings. The average Bonchev–Trinajstić information content (AvgIpc) is 2.90. The second-order valence-corrected chi connectivity index (χ2v) is 6.61. The van der Waals surface area contributed by atoms with Gasteiger partial charge in [0.05, 0.1) is 16.4 Å². The molecule has 0 amide bonds. The maximum Gasteiger partial charge on any atom is 0.211 e. The lowest BCUT2D eigenvalue weighted by atomic mass is 9.83. The zero-order valence-corrected chi connectivity index (χ0v) is 16.1. The van der Waals surface area contributed by atoms with Crippen molar-refractivity contribution in [1.29, 1.82) is 0 Å². The summed E-state index contributed by atoms with van der Waals surface area (Å²) >= 11 is 7.95. The lowest BCUT2D eigenvalue weighted by Crippen LogP contribution is -2.24. The number of aryl methyl sites for hydroxylation is 1. The third-order valence-corrected chi connectivity index (χ3v) is 5.23. The molecule has 0 fully saturated rings. The Bertz CT molecular complexity index is 768. The van der Waals surface area contributed by atoms with Gasteiger partial charge in [-0.15, -0.1) is 41.3 Å². The number of rotatable bonds is 2. The van der Waals surface area contributed by atoms with Gasteiger partial charge in [0, 0.05) is 29.0 Å². The summed E-state index contributed by atoms with van der Waals surface area (Å²) < 4.78 is 0. The summed E-state index contributed by atoms with van der Waals surface area (Å²) in [5, 5.41) is 10.9. The second kappa shape index (κ2) is 8.67. The quantitative estimate of drug-likeness (QED) is 0.453. The van der Waals surface area contributed by atoms with Gasteiger partial charge in [-0.05, 0) is 36.4 Å². The van der Waals surface area contributed by atoms with Gasteiger partial charge in [0.15, 0.2) is 0 Å². The van der Waals surface area contributed by atoms with Crippen molar-refractivity contribution >= 4 is 59.4 Å². The predicted octanol–water partition coefficient (Wildman–Crippen LogP) is 3.66. The topological polar surface area (TPSA) is 89.6 Å². The normalized spacial score (nSPS) is 17.4. The van der Waals surface area contributed by atoms with Gasteiger partial charge in [0.25, 0.3) is 0 Å². The van der Waals surface area contributed by atoms with Gasteiger partial charge < -0.3 is 11.5 Å². The number of nitrogens with two attached hydrogens (primary N) is 2. The van der Waals surface area contributed by atoms with E-state index in [4.69, 9.17) is 23.1 Å². The van der Waals surface area contributed by atoms with Gasteiger partial charge in [0.1, 0.15) is 0 Å². The van der Waals surface area contributed by atoms with E-state index < -0.39 is 0 Å². The Morgan fingerprint density at radius 1 is 1.29 bits per heavy atom. The summed E-state index contributed by atoms with van der Waals surface area (Å²) in [5.41, 5.74) is 14.9. The number of hydrogen-bond donors (Lipinski definition) is 2. The van der Waals surface area contributed by atoms with E-state index in [1.165, 1.54) is 0 Å². The van der Waals surface area contributed by atoms with Crippen LogP contribution in [0.15, 0.2) is 33.9 Å².